The Bertz CT molecular complexity index is 1050. The zero-order valence-electron chi connectivity index (χ0n) is 16.3. The summed E-state index contributed by atoms with van der Waals surface area (Å²) in [5, 5.41) is 0. The van der Waals surface area contributed by atoms with Gasteiger partial charge in [-0.3, -0.25) is 0 Å². The molecule has 2 heterocycles. The van der Waals surface area contributed by atoms with E-state index >= 15 is 0 Å². The molecule has 0 aliphatic carbocycles. The van der Waals surface area contributed by atoms with Crippen molar-refractivity contribution in [3.63, 3.8) is 0 Å². The van der Waals surface area contributed by atoms with E-state index in [9.17, 15) is 0 Å². The number of aromatic nitrogens is 1. The fourth-order valence-electron chi connectivity index (χ4n) is 3.08. The average Bonchev–Trinajstić information content (AvgIpc) is 2.78. The van der Waals surface area contributed by atoms with Crippen LogP contribution in [0.1, 0.15) is 11.1 Å². The van der Waals surface area contributed by atoms with Crippen LogP contribution in [0.4, 0.5) is 5.69 Å². The van der Waals surface area contributed by atoms with Gasteiger partial charge >= 0.3 is 0 Å². The summed E-state index contributed by atoms with van der Waals surface area (Å²) >= 11 is 0. The van der Waals surface area contributed by atoms with Crippen LogP contribution in [0.3, 0.4) is 0 Å². The third-order valence-corrected chi connectivity index (χ3v) is 4.42. The largest absolute Gasteiger partial charge is 0.493 e. The lowest BCUT2D eigenvalue weighted by molar-refractivity contribution is 0.280. The Morgan fingerprint density at radius 1 is 0.897 bits per heavy atom. The summed E-state index contributed by atoms with van der Waals surface area (Å²) < 4.78 is 28.3. The molecule has 7 heteroatoms. The van der Waals surface area contributed by atoms with Gasteiger partial charge in [0.2, 0.25) is 17.5 Å². The van der Waals surface area contributed by atoms with Gasteiger partial charge in [0.15, 0.2) is 11.5 Å². The van der Waals surface area contributed by atoms with Gasteiger partial charge in [0.25, 0.3) is 0 Å². The molecule has 0 saturated carbocycles. The number of aliphatic imine (C=N–C) groups is 1. The van der Waals surface area contributed by atoms with E-state index < -0.39 is 0 Å². The van der Waals surface area contributed by atoms with E-state index in [4.69, 9.17) is 23.7 Å². The molecule has 0 fully saturated rings. The van der Waals surface area contributed by atoms with E-state index in [1.54, 1.807) is 33.6 Å². The molecule has 1 aliphatic heterocycles. The van der Waals surface area contributed by atoms with Crippen molar-refractivity contribution in [2.24, 2.45) is 4.99 Å². The minimum absolute atomic E-state index is 0.296. The molecule has 0 unspecified atom stereocenters. The number of benzene rings is 2. The summed E-state index contributed by atoms with van der Waals surface area (Å²) in [5.74, 6) is 2.98. The van der Waals surface area contributed by atoms with Crippen LogP contribution in [-0.2, 0) is 11.3 Å². The van der Waals surface area contributed by atoms with Gasteiger partial charge in [-0.15, -0.1) is 0 Å². The van der Waals surface area contributed by atoms with Crippen molar-refractivity contribution in [1.82, 2.24) is 4.98 Å². The van der Waals surface area contributed by atoms with Gasteiger partial charge in [-0.1, -0.05) is 18.2 Å². The number of para-hydroxylation sites is 1. The zero-order valence-corrected chi connectivity index (χ0v) is 16.3. The molecule has 1 aromatic heterocycles. The highest BCUT2D eigenvalue weighted by Gasteiger charge is 2.26. The Morgan fingerprint density at radius 2 is 1.69 bits per heavy atom. The molecule has 148 valence electrons. The van der Waals surface area contributed by atoms with Gasteiger partial charge < -0.3 is 23.7 Å². The van der Waals surface area contributed by atoms with Crippen LogP contribution in [0.2, 0.25) is 0 Å². The van der Waals surface area contributed by atoms with Crippen LogP contribution in [-0.4, -0.2) is 32.2 Å². The number of methoxy groups -OCH3 is 3. The van der Waals surface area contributed by atoms with E-state index in [-0.39, 0.29) is 0 Å². The maximum absolute atomic E-state index is 5.94. The molecule has 29 heavy (non-hydrogen) atoms. The smallest absolute Gasteiger partial charge is 0.231 e. The summed E-state index contributed by atoms with van der Waals surface area (Å²) in [4.78, 5) is 9.04. The Morgan fingerprint density at radius 3 is 2.41 bits per heavy atom. The van der Waals surface area contributed by atoms with Gasteiger partial charge in [-0.05, 0) is 30.3 Å². The van der Waals surface area contributed by atoms with E-state index in [1.807, 2.05) is 42.5 Å². The number of fused-ring (bicyclic) bond motifs is 1. The first-order valence-electron chi connectivity index (χ1n) is 8.96. The van der Waals surface area contributed by atoms with Gasteiger partial charge in [-0.2, -0.15) is 0 Å². The SMILES string of the molecule is COc1cc2c(c(OC)c1OC)N=C(c1cccnc1Oc1ccccc1)OC2. The summed E-state index contributed by atoms with van der Waals surface area (Å²) in [6.45, 7) is 0.296. The van der Waals surface area contributed by atoms with Crippen molar-refractivity contribution < 1.29 is 23.7 Å². The van der Waals surface area contributed by atoms with E-state index in [0.29, 0.717) is 52.6 Å². The maximum Gasteiger partial charge on any atom is 0.231 e. The highest BCUT2D eigenvalue weighted by molar-refractivity contribution is 5.99. The quantitative estimate of drug-likeness (QED) is 0.615. The molecule has 4 rings (SSSR count). The topological polar surface area (TPSA) is 71.4 Å². The Labute approximate surface area is 168 Å². The third kappa shape index (κ3) is 3.54. The predicted molar refractivity (Wildman–Crippen MR) is 108 cm³/mol. The first kappa shape index (κ1) is 18.6. The summed E-state index contributed by atoms with van der Waals surface area (Å²) in [7, 11) is 4.70. The average molecular weight is 392 g/mol. The highest BCUT2D eigenvalue weighted by Crippen LogP contribution is 2.48. The fraction of sp³-hybridized carbons (Fsp3) is 0.182. The van der Waals surface area contributed by atoms with Crippen LogP contribution in [0, 0.1) is 0 Å². The lowest BCUT2D eigenvalue weighted by Crippen LogP contribution is -2.13. The minimum atomic E-state index is 0.296. The number of ether oxygens (including phenoxy) is 5. The molecule has 0 N–H and O–H groups in total. The van der Waals surface area contributed by atoms with Crippen LogP contribution in [0.5, 0.6) is 28.9 Å². The van der Waals surface area contributed by atoms with Crippen LogP contribution >= 0.6 is 0 Å². The first-order valence-corrected chi connectivity index (χ1v) is 8.96. The molecule has 3 aromatic rings. The molecule has 0 amide bonds. The van der Waals surface area contributed by atoms with Gasteiger partial charge in [0, 0.05) is 11.8 Å². The maximum atomic E-state index is 5.94. The van der Waals surface area contributed by atoms with Crippen LogP contribution < -0.4 is 18.9 Å². The van der Waals surface area contributed by atoms with Crippen molar-refractivity contribution in [3.05, 3.63) is 65.9 Å². The summed E-state index contributed by atoms with van der Waals surface area (Å²) in [6, 6.07) is 14.9. The molecule has 0 radical (unpaired) electrons. The van der Waals surface area contributed by atoms with Gasteiger partial charge in [0.1, 0.15) is 18.0 Å². The molecule has 0 saturated heterocycles. The Balaban J connectivity index is 1.79. The second-order valence-corrected chi connectivity index (χ2v) is 6.13. The zero-order chi connectivity index (χ0) is 20.2. The Hall–Kier alpha value is -3.74. The fourth-order valence-corrected chi connectivity index (χ4v) is 3.08. The number of nitrogens with zero attached hydrogens (tertiary/aromatic N) is 2. The molecule has 0 spiro atoms. The monoisotopic (exact) mass is 392 g/mol. The van der Waals surface area contributed by atoms with E-state index in [1.165, 1.54) is 0 Å². The van der Waals surface area contributed by atoms with Crippen LogP contribution in [0.25, 0.3) is 0 Å². The molecule has 0 atom stereocenters. The number of pyridine rings is 1. The van der Waals surface area contributed by atoms with Gasteiger partial charge in [-0.25, -0.2) is 9.98 Å². The van der Waals surface area contributed by atoms with Crippen LogP contribution in [0.15, 0.2) is 59.7 Å². The number of rotatable bonds is 6. The van der Waals surface area contributed by atoms with Gasteiger partial charge in [0.05, 0.1) is 26.9 Å². The second-order valence-electron chi connectivity index (χ2n) is 6.13. The van der Waals surface area contributed by atoms with E-state index in [2.05, 4.69) is 9.98 Å². The summed E-state index contributed by atoms with van der Waals surface area (Å²) in [6.07, 6.45) is 1.66. The molecule has 1 aliphatic rings. The highest BCUT2D eigenvalue weighted by atomic mass is 16.5. The number of hydrogen-bond donors (Lipinski definition) is 0. The number of hydrogen-bond acceptors (Lipinski definition) is 7. The third-order valence-electron chi connectivity index (χ3n) is 4.42. The van der Waals surface area contributed by atoms with Crippen molar-refractivity contribution in [2.45, 2.75) is 6.61 Å². The Kier molecular flexibility index (Phi) is 5.20. The van der Waals surface area contributed by atoms with Crippen molar-refractivity contribution in [3.8, 4) is 28.9 Å². The summed E-state index contributed by atoms with van der Waals surface area (Å²) in [5.41, 5.74) is 2.09. The first-order chi connectivity index (χ1) is 14.2. The molecular weight excluding hydrogens is 372 g/mol. The van der Waals surface area contributed by atoms with Crippen molar-refractivity contribution in [1.29, 1.82) is 0 Å². The minimum Gasteiger partial charge on any atom is -0.493 e. The van der Waals surface area contributed by atoms with Crippen molar-refractivity contribution in [2.75, 3.05) is 21.3 Å². The second kappa shape index (κ2) is 8.10. The molecule has 7 nitrogen and oxygen atoms in total. The molecule has 2 aromatic carbocycles. The molecule has 0 bridgehead atoms. The lowest BCUT2D eigenvalue weighted by Gasteiger charge is -2.22. The predicted octanol–water partition coefficient (Wildman–Crippen LogP) is 4.51. The molecular formula is C22H20N2O5. The van der Waals surface area contributed by atoms with Crippen molar-refractivity contribution >= 4 is 11.6 Å². The standard InChI is InChI=1S/C22H20N2O5/c1-25-17-12-14-13-28-22(24-18(14)20(27-3)19(17)26-2)16-10-7-11-23-21(16)29-15-8-5-4-6-9-15/h4-12H,13H2,1-3H3. The normalized spacial score (nSPS) is 12.3. The van der Waals surface area contributed by atoms with E-state index in [0.717, 1.165) is 5.56 Å². The lowest BCUT2D eigenvalue weighted by atomic mass is 10.1.